The number of amides is 2. The van der Waals surface area contributed by atoms with E-state index in [4.69, 9.17) is 0 Å². The summed E-state index contributed by atoms with van der Waals surface area (Å²) in [6.45, 7) is 4.96. The zero-order valence-corrected chi connectivity index (χ0v) is 13.5. The second-order valence-electron chi connectivity index (χ2n) is 6.20. The van der Waals surface area contributed by atoms with E-state index < -0.39 is 0 Å². The molecule has 0 saturated heterocycles. The van der Waals surface area contributed by atoms with Gasteiger partial charge in [0.2, 0.25) is 11.8 Å². The topological polar surface area (TPSA) is 52.7 Å². The van der Waals surface area contributed by atoms with Crippen LogP contribution >= 0.6 is 0 Å². The van der Waals surface area contributed by atoms with Crippen molar-refractivity contribution in [3.8, 4) is 0 Å². The van der Waals surface area contributed by atoms with Gasteiger partial charge in [0.05, 0.1) is 6.54 Å². The zero-order chi connectivity index (χ0) is 16.2. The molecule has 0 aliphatic carbocycles. The van der Waals surface area contributed by atoms with Crippen molar-refractivity contribution in [1.82, 2.24) is 10.2 Å². The van der Waals surface area contributed by atoms with Crippen LogP contribution in [-0.4, -0.2) is 49.4 Å². The summed E-state index contributed by atoms with van der Waals surface area (Å²) in [5.41, 5.74) is 3.50. The van der Waals surface area contributed by atoms with E-state index in [2.05, 4.69) is 22.4 Å². The van der Waals surface area contributed by atoms with E-state index in [0.717, 1.165) is 38.2 Å². The highest BCUT2D eigenvalue weighted by atomic mass is 16.2. The lowest BCUT2D eigenvalue weighted by Gasteiger charge is -2.28. The van der Waals surface area contributed by atoms with Gasteiger partial charge < -0.3 is 10.2 Å². The molecule has 0 atom stereocenters. The van der Waals surface area contributed by atoms with Crippen molar-refractivity contribution in [2.45, 2.75) is 19.8 Å². The molecule has 1 aromatic rings. The summed E-state index contributed by atoms with van der Waals surface area (Å²) in [4.78, 5) is 27.7. The minimum Gasteiger partial charge on any atom is -0.353 e. The molecule has 0 radical (unpaired) electrons. The Balaban J connectivity index is 1.57. The lowest BCUT2D eigenvalue weighted by molar-refractivity contribution is -0.120. The maximum Gasteiger partial charge on any atom is 0.241 e. The highest BCUT2D eigenvalue weighted by molar-refractivity contribution is 5.96. The van der Waals surface area contributed by atoms with Gasteiger partial charge in [-0.15, -0.1) is 0 Å². The molecule has 122 valence electrons. The summed E-state index contributed by atoms with van der Waals surface area (Å²) < 4.78 is 0. The number of benzene rings is 1. The monoisotopic (exact) mass is 313 g/mol. The number of hydrogen-bond acceptors (Lipinski definition) is 3. The molecule has 5 heteroatoms. The average Bonchev–Trinajstić information content (AvgIpc) is 2.97. The van der Waals surface area contributed by atoms with E-state index in [1.807, 2.05) is 23.1 Å². The van der Waals surface area contributed by atoms with Crippen LogP contribution in [0.1, 0.15) is 18.9 Å². The molecule has 5 nitrogen and oxygen atoms in total. The fourth-order valence-corrected chi connectivity index (χ4v) is 3.26. The molecule has 0 fully saturated rings. The number of hydrogen-bond donors (Lipinski definition) is 1. The van der Waals surface area contributed by atoms with Crippen LogP contribution in [0.2, 0.25) is 0 Å². The first-order chi connectivity index (χ1) is 11.1. The van der Waals surface area contributed by atoms with Gasteiger partial charge in [-0.05, 0) is 30.0 Å². The first kappa shape index (κ1) is 15.7. The normalized spacial score (nSPS) is 17.6. The van der Waals surface area contributed by atoms with Gasteiger partial charge in [-0.1, -0.05) is 24.3 Å². The predicted octanol–water partition coefficient (Wildman–Crippen LogP) is 1.34. The van der Waals surface area contributed by atoms with Gasteiger partial charge in [-0.25, -0.2) is 0 Å². The summed E-state index contributed by atoms with van der Waals surface area (Å²) in [5.74, 6) is 0.142. The van der Waals surface area contributed by atoms with Crippen LogP contribution in [0.3, 0.4) is 0 Å². The van der Waals surface area contributed by atoms with Crippen LogP contribution in [0.4, 0.5) is 5.69 Å². The third kappa shape index (κ3) is 3.79. The summed E-state index contributed by atoms with van der Waals surface area (Å²) in [6.07, 6.45) is 4.04. The smallest absolute Gasteiger partial charge is 0.241 e. The third-order valence-electron chi connectivity index (χ3n) is 4.42. The number of carbonyl (C=O) groups excluding carboxylic acids is 2. The van der Waals surface area contributed by atoms with E-state index in [1.165, 1.54) is 18.1 Å². The van der Waals surface area contributed by atoms with Crippen LogP contribution in [-0.2, 0) is 16.0 Å². The van der Waals surface area contributed by atoms with Crippen molar-refractivity contribution in [2.75, 3.05) is 37.6 Å². The number of nitrogens with one attached hydrogen (secondary N) is 1. The number of para-hydroxylation sites is 1. The largest absolute Gasteiger partial charge is 0.353 e. The Labute approximate surface area is 137 Å². The minimum absolute atomic E-state index is 0.0206. The molecule has 1 aromatic carbocycles. The van der Waals surface area contributed by atoms with Crippen molar-refractivity contribution in [3.63, 3.8) is 0 Å². The number of nitrogens with zero attached hydrogens (tertiary/aromatic N) is 2. The van der Waals surface area contributed by atoms with Crippen molar-refractivity contribution in [3.05, 3.63) is 41.5 Å². The van der Waals surface area contributed by atoms with E-state index in [1.54, 1.807) is 0 Å². The van der Waals surface area contributed by atoms with Crippen molar-refractivity contribution >= 4 is 17.5 Å². The molecule has 0 bridgehead atoms. The molecule has 0 saturated carbocycles. The lowest BCUT2D eigenvalue weighted by atomic mass is 10.1. The average molecular weight is 313 g/mol. The molecule has 2 aliphatic heterocycles. The Hall–Kier alpha value is -2.14. The summed E-state index contributed by atoms with van der Waals surface area (Å²) in [6, 6.07) is 8.13. The maximum absolute atomic E-state index is 12.6. The van der Waals surface area contributed by atoms with Crippen molar-refractivity contribution < 1.29 is 9.59 Å². The van der Waals surface area contributed by atoms with Gasteiger partial charge in [0.25, 0.3) is 0 Å². The zero-order valence-electron chi connectivity index (χ0n) is 13.5. The SMILES string of the molecule is CC(=O)NCC1=CCCN(CC(=O)N2CCc3ccccc32)C1. The molecule has 0 aromatic heterocycles. The molecule has 23 heavy (non-hydrogen) atoms. The van der Waals surface area contributed by atoms with Crippen LogP contribution in [0.15, 0.2) is 35.9 Å². The van der Waals surface area contributed by atoms with Gasteiger partial charge in [0.1, 0.15) is 0 Å². The Morgan fingerprint density at radius 3 is 2.87 bits per heavy atom. The second kappa shape index (κ2) is 6.96. The standard InChI is InChI=1S/C18H23N3O2/c1-14(22)19-11-15-5-4-9-20(12-15)13-18(23)21-10-8-16-6-2-3-7-17(16)21/h2-3,5-7H,4,8-13H2,1H3,(H,19,22). The molecular formula is C18H23N3O2. The van der Waals surface area contributed by atoms with Gasteiger partial charge >= 0.3 is 0 Å². The number of fused-ring (bicyclic) bond motifs is 1. The molecule has 3 rings (SSSR count). The minimum atomic E-state index is -0.0206. The van der Waals surface area contributed by atoms with Crippen LogP contribution in [0.5, 0.6) is 0 Å². The van der Waals surface area contributed by atoms with Crippen LogP contribution in [0, 0.1) is 0 Å². The van der Waals surface area contributed by atoms with E-state index in [0.29, 0.717) is 13.1 Å². The van der Waals surface area contributed by atoms with Gasteiger partial charge in [0, 0.05) is 38.8 Å². The molecule has 0 spiro atoms. The number of rotatable bonds is 4. The highest BCUT2D eigenvalue weighted by Gasteiger charge is 2.26. The Bertz CT molecular complexity index is 639. The van der Waals surface area contributed by atoms with Gasteiger partial charge in [-0.3, -0.25) is 14.5 Å². The molecule has 2 aliphatic rings. The lowest BCUT2D eigenvalue weighted by Crippen LogP contribution is -2.42. The second-order valence-corrected chi connectivity index (χ2v) is 6.20. The summed E-state index contributed by atoms with van der Waals surface area (Å²) in [5, 5.41) is 2.83. The van der Waals surface area contributed by atoms with E-state index in [9.17, 15) is 9.59 Å². The summed E-state index contributed by atoms with van der Waals surface area (Å²) >= 11 is 0. The molecule has 0 unspecified atom stereocenters. The quantitative estimate of drug-likeness (QED) is 0.854. The van der Waals surface area contributed by atoms with Crippen molar-refractivity contribution in [2.24, 2.45) is 0 Å². The van der Waals surface area contributed by atoms with Gasteiger partial charge in [-0.2, -0.15) is 0 Å². The molecule has 2 amide bonds. The highest BCUT2D eigenvalue weighted by Crippen LogP contribution is 2.27. The predicted molar refractivity (Wildman–Crippen MR) is 90.3 cm³/mol. The maximum atomic E-state index is 12.6. The first-order valence-corrected chi connectivity index (χ1v) is 8.16. The summed E-state index contributed by atoms with van der Waals surface area (Å²) in [7, 11) is 0. The number of anilines is 1. The molecule has 1 N–H and O–H groups in total. The Kier molecular flexibility index (Phi) is 4.76. The van der Waals surface area contributed by atoms with E-state index >= 15 is 0 Å². The van der Waals surface area contributed by atoms with Crippen LogP contribution < -0.4 is 10.2 Å². The van der Waals surface area contributed by atoms with E-state index in [-0.39, 0.29) is 11.8 Å². The molecular weight excluding hydrogens is 290 g/mol. The van der Waals surface area contributed by atoms with Gasteiger partial charge in [0.15, 0.2) is 0 Å². The van der Waals surface area contributed by atoms with Crippen LogP contribution in [0.25, 0.3) is 0 Å². The first-order valence-electron chi connectivity index (χ1n) is 8.16. The molecule has 2 heterocycles. The fraction of sp³-hybridized carbons (Fsp3) is 0.444. The number of carbonyl (C=O) groups is 2. The Morgan fingerprint density at radius 2 is 2.04 bits per heavy atom. The third-order valence-corrected chi connectivity index (χ3v) is 4.42. The fourth-order valence-electron chi connectivity index (χ4n) is 3.26. The van der Waals surface area contributed by atoms with Crippen molar-refractivity contribution in [1.29, 1.82) is 0 Å². The Morgan fingerprint density at radius 1 is 1.22 bits per heavy atom.